The van der Waals surface area contributed by atoms with Gasteiger partial charge in [0.15, 0.2) is 0 Å². The zero-order valence-corrected chi connectivity index (χ0v) is 20.8. The molecule has 9 nitrogen and oxygen atoms in total. The molecular formula is C23H28Cl2N8O. The van der Waals surface area contributed by atoms with Crippen molar-refractivity contribution in [1.82, 2.24) is 35.3 Å². The number of benzene rings is 1. The van der Waals surface area contributed by atoms with Gasteiger partial charge in [-0.05, 0) is 37.1 Å². The minimum Gasteiger partial charge on any atom is -0.507 e. The van der Waals surface area contributed by atoms with Gasteiger partial charge in [0.05, 0.1) is 23.6 Å². The Bertz CT molecular complexity index is 1260. The summed E-state index contributed by atoms with van der Waals surface area (Å²) in [5.41, 5.74) is 4.47. The van der Waals surface area contributed by atoms with Crippen molar-refractivity contribution in [2.45, 2.75) is 26.8 Å². The lowest BCUT2D eigenvalue weighted by atomic mass is 10.0. The first-order valence-electron chi connectivity index (χ1n) is 10.8. The Morgan fingerprint density at radius 3 is 2.62 bits per heavy atom. The second kappa shape index (κ2) is 10.5. The van der Waals surface area contributed by atoms with Gasteiger partial charge in [-0.2, -0.15) is 5.10 Å². The summed E-state index contributed by atoms with van der Waals surface area (Å²) in [4.78, 5) is 11.2. The summed E-state index contributed by atoms with van der Waals surface area (Å²) >= 11 is 0. The fourth-order valence-corrected chi connectivity index (χ4v) is 4.04. The van der Waals surface area contributed by atoms with Crippen molar-refractivity contribution in [3.63, 3.8) is 0 Å². The zero-order chi connectivity index (χ0) is 22.2. The van der Waals surface area contributed by atoms with Gasteiger partial charge in [0, 0.05) is 43.0 Å². The minimum atomic E-state index is 0. The molecule has 4 aromatic rings. The van der Waals surface area contributed by atoms with Crippen LogP contribution in [0.15, 0.2) is 42.7 Å². The van der Waals surface area contributed by atoms with E-state index >= 15 is 0 Å². The molecule has 0 bridgehead atoms. The Hall–Kier alpha value is -3.01. The van der Waals surface area contributed by atoms with Crippen LogP contribution in [0.2, 0.25) is 0 Å². The van der Waals surface area contributed by atoms with Crippen LogP contribution in [0.25, 0.3) is 28.0 Å². The fourth-order valence-electron chi connectivity index (χ4n) is 4.04. The van der Waals surface area contributed by atoms with Crippen molar-refractivity contribution >= 4 is 41.8 Å². The molecule has 11 heteroatoms. The molecular weight excluding hydrogens is 475 g/mol. The number of pyridine rings is 1. The van der Waals surface area contributed by atoms with Gasteiger partial charge in [-0.1, -0.05) is 13.8 Å². The van der Waals surface area contributed by atoms with E-state index in [0.29, 0.717) is 29.2 Å². The van der Waals surface area contributed by atoms with Crippen LogP contribution in [-0.4, -0.2) is 60.7 Å². The minimum absolute atomic E-state index is 0. The molecule has 1 fully saturated rings. The summed E-state index contributed by atoms with van der Waals surface area (Å²) in [6.45, 7) is 8.95. The van der Waals surface area contributed by atoms with E-state index in [-0.39, 0.29) is 30.6 Å². The number of nitrogens with one attached hydrogen (secondary N) is 1. The number of aryl methyl sites for hydroxylation is 1. The summed E-state index contributed by atoms with van der Waals surface area (Å²) in [6.07, 6.45) is 3.39. The molecule has 1 saturated heterocycles. The molecule has 1 atom stereocenters. The summed E-state index contributed by atoms with van der Waals surface area (Å²) in [7, 11) is 0. The van der Waals surface area contributed by atoms with Crippen molar-refractivity contribution in [1.29, 1.82) is 0 Å². The van der Waals surface area contributed by atoms with Gasteiger partial charge in [-0.3, -0.25) is 0 Å². The Morgan fingerprint density at radius 2 is 1.91 bits per heavy atom. The summed E-state index contributed by atoms with van der Waals surface area (Å²) < 4.78 is 1.76. The lowest BCUT2D eigenvalue weighted by molar-refractivity contribution is 0.365. The third-order valence-corrected chi connectivity index (χ3v) is 5.91. The molecule has 1 aliphatic rings. The Balaban J connectivity index is 0.00000162. The number of fused-ring (bicyclic) bond motifs is 1. The smallest absolute Gasteiger partial charge is 0.245 e. The number of aromatic hydroxyl groups is 1. The van der Waals surface area contributed by atoms with E-state index in [1.165, 1.54) is 0 Å². The van der Waals surface area contributed by atoms with E-state index in [0.717, 1.165) is 42.0 Å². The molecule has 0 saturated carbocycles. The first-order chi connectivity index (χ1) is 15.5. The summed E-state index contributed by atoms with van der Waals surface area (Å²) in [5.74, 6) is 1.24. The predicted octanol–water partition coefficient (Wildman–Crippen LogP) is 3.56. The van der Waals surface area contributed by atoms with E-state index in [1.807, 2.05) is 31.2 Å². The maximum absolute atomic E-state index is 10.7. The van der Waals surface area contributed by atoms with Crippen LogP contribution in [0.4, 0.5) is 5.95 Å². The highest BCUT2D eigenvalue weighted by Crippen LogP contribution is 2.30. The molecule has 34 heavy (non-hydrogen) atoms. The van der Waals surface area contributed by atoms with Crippen LogP contribution >= 0.6 is 24.8 Å². The number of nitrogens with zero attached hydrogens (tertiary/aromatic N) is 7. The summed E-state index contributed by atoms with van der Waals surface area (Å²) in [6, 6.07) is 9.69. The average Bonchev–Trinajstić information content (AvgIpc) is 3.22. The van der Waals surface area contributed by atoms with Crippen LogP contribution in [-0.2, 0) is 0 Å². The number of anilines is 1. The van der Waals surface area contributed by atoms with Gasteiger partial charge in [-0.25, -0.2) is 14.6 Å². The highest BCUT2D eigenvalue weighted by molar-refractivity contribution is 5.85. The number of halogens is 2. The maximum Gasteiger partial charge on any atom is 0.245 e. The monoisotopic (exact) mass is 502 g/mol. The molecule has 3 aromatic heterocycles. The quantitative estimate of drug-likeness (QED) is 0.436. The van der Waals surface area contributed by atoms with Crippen molar-refractivity contribution in [3.05, 3.63) is 48.4 Å². The van der Waals surface area contributed by atoms with E-state index in [2.05, 4.69) is 49.3 Å². The second-order valence-corrected chi connectivity index (χ2v) is 8.51. The van der Waals surface area contributed by atoms with Gasteiger partial charge >= 0.3 is 0 Å². The van der Waals surface area contributed by atoms with Gasteiger partial charge in [0.25, 0.3) is 0 Å². The number of aromatic nitrogens is 6. The van der Waals surface area contributed by atoms with Crippen LogP contribution in [0.3, 0.4) is 0 Å². The highest BCUT2D eigenvalue weighted by Gasteiger charge is 2.23. The molecule has 0 radical (unpaired) electrons. The standard InChI is InChI=1S/C23H26N8O.2ClH/c1-14(2)20-13-30(9-8-24-20)23-25-11-18(28-29-23)17-6-5-16(10-22(17)32)31-21-7-4-15(3)27-19(21)12-26-31;;/h4-7,10-12,14,20,24,32H,8-9,13H2,1-3H3;2*1H/t20-;;/m1../s1. The maximum atomic E-state index is 10.7. The lowest BCUT2D eigenvalue weighted by Gasteiger charge is -2.35. The third-order valence-electron chi connectivity index (χ3n) is 5.91. The SMILES string of the molecule is Cc1ccc2c(cnn2-c2ccc(-c3cnc(N4CCN[C@@H](C(C)C)C4)nn3)c(O)c2)n1.Cl.Cl. The first kappa shape index (κ1) is 25.6. The van der Waals surface area contributed by atoms with Crippen LogP contribution in [0, 0.1) is 12.8 Å². The van der Waals surface area contributed by atoms with Gasteiger partial charge < -0.3 is 15.3 Å². The zero-order valence-electron chi connectivity index (χ0n) is 19.2. The molecule has 4 heterocycles. The lowest BCUT2D eigenvalue weighted by Crippen LogP contribution is -2.53. The Kier molecular flexibility index (Phi) is 7.91. The van der Waals surface area contributed by atoms with Crippen molar-refractivity contribution in [2.75, 3.05) is 24.5 Å². The molecule has 0 spiro atoms. The predicted molar refractivity (Wildman–Crippen MR) is 137 cm³/mol. The van der Waals surface area contributed by atoms with E-state index < -0.39 is 0 Å². The number of phenolic OH excluding ortho intramolecular Hbond substituents is 1. The molecule has 2 N–H and O–H groups in total. The topological polar surface area (TPSA) is 105 Å². The van der Waals surface area contributed by atoms with Crippen molar-refractivity contribution in [3.8, 4) is 22.7 Å². The van der Waals surface area contributed by atoms with Crippen molar-refractivity contribution < 1.29 is 5.11 Å². The van der Waals surface area contributed by atoms with E-state index in [4.69, 9.17) is 0 Å². The fraction of sp³-hybridized carbons (Fsp3) is 0.348. The normalized spacial score (nSPS) is 15.8. The van der Waals surface area contributed by atoms with Gasteiger partial charge in [0.1, 0.15) is 17.0 Å². The first-order valence-corrected chi connectivity index (χ1v) is 10.8. The molecule has 1 aromatic carbocycles. The Morgan fingerprint density at radius 1 is 1.09 bits per heavy atom. The summed E-state index contributed by atoms with van der Waals surface area (Å²) in [5, 5.41) is 27.3. The van der Waals surface area contributed by atoms with Crippen molar-refractivity contribution in [2.24, 2.45) is 5.92 Å². The molecule has 0 unspecified atom stereocenters. The van der Waals surface area contributed by atoms with E-state index in [1.54, 1.807) is 23.1 Å². The Labute approximate surface area is 210 Å². The molecule has 0 amide bonds. The number of hydrogen-bond acceptors (Lipinski definition) is 8. The molecule has 0 aliphatic carbocycles. The van der Waals surface area contributed by atoms with Crippen LogP contribution in [0.1, 0.15) is 19.5 Å². The van der Waals surface area contributed by atoms with Crippen LogP contribution < -0.4 is 10.2 Å². The van der Waals surface area contributed by atoms with Gasteiger partial charge in [0.2, 0.25) is 5.95 Å². The van der Waals surface area contributed by atoms with Gasteiger partial charge in [-0.15, -0.1) is 35.0 Å². The average molecular weight is 503 g/mol. The largest absolute Gasteiger partial charge is 0.507 e. The third kappa shape index (κ3) is 4.91. The molecule has 5 rings (SSSR count). The number of piperazine rings is 1. The number of hydrogen-bond donors (Lipinski definition) is 2. The molecule has 1 aliphatic heterocycles. The second-order valence-electron chi connectivity index (χ2n) is 8.51. The highest BCUT2D eigenvalue weighted by atomic mass is 35.5. The van der Waals surface area contributed by atoms with Crippen LogP contribution in [0.5, 0.6) is 5.75 Å². The molecule has 180 valence electrons. The van der Waals surface area contributed by atoms with E-state index in [9.17, 15) is 5.11 Å². The number of phenols is 1. The number of rotatable bonds is 4.